The summed E-state index contributed by atoms with van der Waals surface area (Å²) in [7, 11) is 0. The summed E-state index contributed by atoms with van der Waals surface area (Å²) in [5, 5.41) is 8.87. The molecule has 0 bridgehead atoms. The van der Waals surface area contributed by atoms with Crippen molar-refractivity contribution in [3.05, 3.63) is 27.9 Å². The lowest BCUT2D eigenvalue weighted by atomic mass is 9.91. The van der Waals surface area contributed by atoms with Gasteiger partial charge in [0.15, 0.2) is 0 Å². The Labute approximate surface area is 99.1 Å². The van der Waals surface area contributed by atoms with Crippen molar-refractivity contribution in [3.8, 4) is 0 Å². The molecule has 5 nitrogen and oxygen atoms in total. The molecule has 17 heavy (non-hydrogen) atoms. The summed E-state index contributed by atoms with van der Waals surface area (Å²) in [6, 6.07) is 0.106. The first-order valence-corrected chi connectivity index (χ1v) is 5.80. The van der Waals surface area contributed by atoms with Gasteiger partial charge >= 0.3 is 5.97 Å². The summed E-state index contributed by atoms with van der Waals surface area (Å²) in [6.07, 6.45) is 3.20. The number of carbonyl (C=O) groups is 1. The lowest BCUT2D eigenvalue weighted by molar-refractivity contribution is -0.137. The molecular formula is C12H16N2O3. The fourth-order valence-electron chi connectivity index (χ4n) is 2.41. The van der Waals surface area contributed by atoms with Gasteiger partial charge in [0, 0.05) is 23.7 Å². The summed E-state index contributed by atoms with van der Waals surface area (Å²) in [5.41, 5.74) is 0.564. The molecule has 2 heterocycles. The lowest BCUT2D eigenvalue weighted by Gasteiger charge is -2.29. The zero-order valence-electron chi connectivity index (χ0n) is 10.0. The number of rotatable bonds is 2. The molecule has 92 valence electrons. The lowest BCUT2D eigenvalue weighted by Crippen LogP contribution is -2.34. The Hall–Kier alpha value is -1.65. The van der Waals surface area contributed by atoms with Crippen molar-refractivity contribution in [2.45, 2.75) is 45.1 Å². The number of nitrogens with zero attached hydrogens (tertiary/aromatic N) is 2. The highest BCUT2D eigenvalue weighted by Crippen LogP contribution is 2.32. The van der Waals surface area contributed by atoms with Crippen LogP contribution >= 0.6 is 0 Å². The number of aryl methyl sites for hydroxylation is 1. The number of hydrogen-bond donors (Lipinski definition) is 1. The largest absolute Gasteiger partial charge is 0.481 e. The molecule has 1 aromatic heterocycles. The first kappa shape index (κ1) is 11.8. The highest BCUT2D eigenvalue weighted by Gasteiger charge is 2.28. The second-order valence-corrected chi connectivity index (χ2v) is 4.70. The van der Waals surface area contributed by atoms with E-state index in [-0.39, 0.29) is 23.9 Å². The van der Waals surface area contributed by atoms with Crippen LogP contribution in [0.15, 0.2) is 11.0 Å². The van der Waals surface area contributed by atoms with E-state index in [0.717, 1.165) is 12.8 Å². The van der Waals surface area contributed by atoms with Gasteiger partial charge < -0.3 is 5.11 Å². The van der Waals surface area contributed by atoms with E-state index in [1.807, 2.05) is 6.92 Å². The number of aliphatic carboxylic acids is 1. The minimum Gasteiger partial charge on any atom is -0.481 e. The maximum atomic E-state index is 12.0. The molecule has 0 fully saturated rings. The minimum atomic E-state index is -0.842. The van der Waals surface area contributed by atoms with Crippen LogP contribution in [0.3, 0.4) is 0 Å². The molecule has 0 saturated heterocycles. The smallest absolute Gasteiger partial charge is 0.304 e. The molecule has 0 aliphatic carbocycles. The maximum absolute atomic E-state index is 12.0. The standard InChI is InChI=1S/C12H16N2O3/c1-7-6-13-11-9(5-10(15)16)4-3-8(2)14(11)12(7)17/h6,8-9H,3-5H2,1-2H3,(H,15,16). The third kappa shape index (κ3) is 2.09. The molecule has 1 N–H and O–H groups in total. The van der Waals surface area contributed by atoms with Crippen molar-refractivity contribution in [2.75, 3.05) is 0 Å². The Morgan fingerprint density at radius 1 is 1.59 bits per heavy atom. The van der Waals surface area contributed by atoms with Crippen molar-refractivity contribution < 1.29 is 9.90 Å². The van der Waals surface area contributed by atoms with Crippen molar-refractivity contribution in [2.24, 2.45) is 0 Å². The Bertz CT molecular complexity index is 507. The van der Waals surface area contributed by atoms with E-state index in [1.165, 1.54) is 0 Å². The third-order valence-corrected chi connectivity index (χ3v) is 3.35. The van der Waals surface area contributed by atoms with E-state index in [4.69, 9.17) is 5.11 Å². The van der Waals surface area contributed by atoms with Gasteiger partial charge in [-0.2, -0.15) is 0 Å². The molecule has 5 heteroatoms. The van der Waals surface area contributed by atoms with E-state index in [1.54, 1.807) is 17.7 Å². The van der Waals surface area contributed by atoms with Crippen molar-refractivity contribution in [3.63, 3.8) is 0 Å². The Morgan fingerprint density at radius 3 is 2.94 bits per heavy atom. The topological polar surface area (TPSA) is 72.2 Å². The molecule has 1 aromatic rings. The zero-order valence-corrected chi connectivity index (χ0v) is 10.0. The maximum Gasteiger partial charge on any atom is 0.304 e. The molecule has 1 aliphatic heterocycles. The Balaban J connectivity index is 2.50. The average Bonchev–Trinajstić information content (AvgIpc) is 2.26. The highest BCUT2D eigenvalue weighted by atomic mass is 16.4. The van der Waals surface area contributed by atoms with E-state index < -0.39 is 5.97 Å². The second-order valence-electron chi connectivity index (χ2n) is 4.70. The Kier molecular flexibility index (Phi) is 3.00. The van der Waals surface area contributed by atoms with Crippen LogP contribution in [0.2, 0.25) is 0 Å². The number of carboxylic acid groups (broad SMARTS) is 1. The number of carboxylic acids is 1. The highest BCUT2D eigenvalue weighted by molar-refractivity contribution is 5.67. The summed E-state index contributed by atoms with van der Waals surface area (Å²) in [5.74, 6) is -0.357. The van der Waals surface area contributed by atoms with Gasteiger partial charge in [0.1, 0.15) is 5.82 Å². The second kappa shape index (κ2) is 4.31. The van der Waals surface area contributed by atoms with Gasteiger partial charge in [-0.25, -0.2) is 4.98 Å². The van der Waals surface area contributed by atoms with Crippen molar-refractivity contribution in [1.82, 2.24) is 9.55 Å². The monoisotopic (exact) mass is 236 g/mol. The zero-order chi connectivity index (χ0) is 12.6. The van der Waals surface area contributed by atoms with Gasteiger partial charge in [-0.1, -0.05) is 0 Å². The average molecular weight is 236 g/mol. The minimum absolute atomic E-state index is 0.0439. The molecule has 0 spiro atoms. The number of aromatic nitrogens is 2. The van der Waals surface area contributed by atoms with E-state index in [9.17, 15) is 9.59 Å². The molecule has 0 saturated carbocycles. The molecular weight excluding hydrogens is 220 g/mol. The van der Waals surface area contributed by atoms with E-state index >= 15 is 0 Å². The van der Waals surface area contributed by atoms with Gasteiger partial charge in [-0.3, -0.25) is 14.2 Å². The van der Waals surface area contributed by atoms with Crippen LogP contribution in [0.5, 0.6) is 0 Å². The molecule has 2 rings (SSSR count). The van der Waals surface area contributed by atoms with Crippen LogP contribution in [0.1, 0.15) is 49.5 Å². The first-order chi connectivity index (χ1) is 8.00. The van der Waals surface area contributed by atoms with Crippen LogP contribution in [0.25, 0.3) is 0 Å². The predicted octanol–water partition coefficient (Wildman–Crippen LogP) is 1.46. The fraction of sp³-hybridized carbons (Fsp3) is 0.583. The summed E-state index contributed by atoms with van der Waals surface area (Å²) < 4.78 is 1.66. The SMILES string of the molecule is Cc1cnc2n(c1=O)C(C)CCC2CC(=O)O. The summed E-state index contributed by atoms with van der Waals surface area (Å²) in [4.78, 5) is 27.1. The normalized spacial score (nSPS) is 23.2. The van der Waals surface area contributed by atoms with Crippen LogP contribution < -0.4 is 5.56 Å². The molecule has 0 aromatic carbocycles. The van der Waals surface area contributed by atoms with Crippen molar-refractivity contribution >= 4 is 5.97 Å². The number of fused-ring (bicyclic) bond motifs is 1. The number of hydrogen-bond acceptors (Lipinski definition) is 3. The molecule has 0 amide bonds. The fourth-order valence-corrected chi connectivity index (χ4v) is 2.41. The van der Waals surface area contributed by atoms with Gasteiger partial charge in [0.05, 0.1) is 6.42 Å². The van der Waals surface area contributed by atoms with E-state index in [0.29, 0.717) is 11.4 Å². The van der Waals surface area contributed by atoms with Crippen LogP contribution in [-0.2, 0) is 4.79 Å². The molecule has 0 radical (unpaired) electrons. The van der Waals surface area contributed by atoms with Crippen molar-refractivity contribution in [1.29, 1.82) is 0 Å². The van der Waals surface area contributed by atoms with Gasteiger partial charge in [0.25, 0.3) is 5.56 Å². The van der Waals surface area contributed by atoms with Crippen LogP contribution in [-0.4, -0.2) is 20.6 Å². The molecule has 2 unspecified atom stereocenters. The first-order valence-electron chi connectivity index (χ1n) is 5.80. The molecule has 1 aliphatic rings. The van der Waals surface area contributed by atoms with Crippen LogP contribution in [0, 0.1) is 6.92 Å². The van der Waals surface area contributed by atoms with Crippen LogP contribution in [0.4, 0.5) is 0 Å². The predicted molar refractivity (Wildman–Crippen MR) is 62.2 cm³/mol. The third-order valence-electron chi connectivity index (χ3n) is 3.35. The summed E-state index contributed by atoms with van der Waals surface area (Å²) >= 11 is 0. The Morgan fingerprint density at radius 2 is 2.29 bits per heavy atom. The van der Waals surface area contributed by atoms with Gasteiger partial charge in [-0.05, 0) is 26.7 Å². The quantitative estimate of drug-likeness (QED) is 0.843. The van der Waals surface area contributed by atoms with E-state index in [2.05, 4.69) is 4.98 Å². The van der Waals surface area contributed by atoms with Gasteiger partial charge in [-0.15, -0.1) is 0 Å². The molecule has 2 atom stereocenters. The van der Waals surface area contributed by atoms with Gasteiger partial charge in [0.2, 0.25) is 0 Å². The summed E-state index contributed by atoms with van der Waals surface area (Å²) in [6.45, 7) is 3.71.